The first-order valence-electron chi connectivity index (χ1n) is 7.12. The van der Waals surface area contributed by atoms with Crippen molar-refractivity contribution in [3.8, 4) is 0 Å². The summed E-state index contributed by atoms with van der Waals surface area (Å²) < 4.78 is 1.91. The van der Waals surface area contributed by atoms with Gasteiger partial charge in [-0.15, -0.1) is 11.3 Å². The van der Waals surface area contributed by atoms with Gasteiger partial charge in [-0.05, 0) is 25.5 Å². The van der Waals surface area contributed by atoms with Crippen molar-refractivity contribution in [2.75, 3.05) is 20.1 Å². The normalized spacial score (nSPS) is 18.6. The molecule has 6 nitrogen and oxygen atoms in total. The first-order valence-corrected chi connectivity index (χ1v) is 8.07. The molecule has 1 aliphatic rings. The van der Waals surface area contributed by atoms with Crippen LogP contribution in [-0.2, 0) is 6.54 Å². The summed E-state index contributed by atoms with van der Waals surface area (Å²) in [6, 6.07) is 2.15. The van der Waals surface area contributed by atoms with Crippen molar-refractivity contribution in [3.63, 3.8) is 0 Å². The summed E-state index contributed by atoms with van der Waals surface area (Å²) >= 11 is 1.54. The van der Waals surface area contributed by atoms with Crippen LogP contribution < -0.4 is 5.32 Å². The lowest BCUT2D eigenvalue weighted by molar-refractivity contribution is 0.0776. The Morgan fingerprint density at radius 3 is 3.24 bits per heavy atom. The molecule has 21 heavy (non-hydrogen) atoms. The van der Waals surface area contributed by atoms with Crippen molar-refractivity contribution in [3.05, 3.63) is 34.5 Å². The third kappa shape index (κ3) is 3.30. The van der Waals surface area contributed by atoms with E-state index in [0.29, 0.717) is 18.3 Å². The molecule has 1 fully saturated rings. The molecule has 0 spiro atoms. The fraction of sp³-hybridized carbons (Fsp3) is 0.500. The molecule has 7 heteroatoms. The Balaban J connectivity index is 1.65. The SMILES string of the molecule is CN(Cc1cscn1)C(=O)c1ccn([C@H]2CCCNC2)n1. The number of amides is 1. The van der Waals surface area contributed by atoms with Gasteiger partial charge < -0.3 is 10.2 Å². The van der Waals surface area contributed by atoms with E-state index in [1.54, 1.807) is 23.5 Å². The van der Waals surface area contributed by atoms with Gasteiger partial charge in [0.1, 0.15) is 5.69 Å². The minimum absolute atomic E-state index is 0.0643. The largest absolute Gasteiger partial charge is 0.334 e. The van der Waals surface area contributed by atoms with Crippen molar-refractivity contribution >= 4 is 17.2 Å². The molecule has 1 aliphatic heterocycles. The molecule has 3 rings (SSSR count). The molecule has 3 heterocycles. The van der Waals surface area contributed by atoms with E-state index in [9.17, 15) is 4.79 Å². The molecular formula is C14H19N5OS. The van der Waals surface area contributed by atoms with Gasteiger partial charge in [0.2, 0.25) is 0 Å². The summed E-state index contributed by atoms with van der Waals surface area (Å²) in [5.41, 5.74) is 3.18. The number of aromatic nitrogens is 3. The standard InChI is InChI=1S/C14H19N5OS/c1-18(8-11-9-21-10-16-11)14(20)13-4-6-19(17-13)12-3-2-5-15-7-12/h4,6,9-10,12,15H,2-3,5,7-8H2,1H3/t12-/m0/s1. The Hall–Kier alpha value is -1.73. The van der Waals surface area contributed by atoms with Gasteiger partial charge in [0.25, 0.3) is 5.91 Å². The van der Waals surface area contributed by atoms with E-state index in [-0.39, 0.29) is 5.91 Å². The average Bonchev–Trinajstić information content (AvgIpc) is 3.18. The molecule has 1 amide bonds. The highest BCUT2D eigenvalue weighted by molar-refractivity contribution is 7.07. The van der Waals surface area contributed by atoms with Crippen LogP contribution in [0.15, 0.2) is 23.2 Å². The van der Waals surface area contributed by atoms with Crippen LogP contribution in [0, 0.1) is 0 Å². The lowest BCUT2D eigenvalue weighted by Gasteiger charge is -2.23. The van der Waals surface area contributed by atoms with E-state index < -0.39 is 0 Å². The summed E-state index contributed by atoms with van der Waals surface area (Å²) in [5.74, 6) is -0.0643. The number of nitrogens with one attached hydrogen (secondary N) is 1. The maximum atomic E-state index is 12.4. The van der Waals surface area contributed by atoms with Crippen LogP contribution in [0.25, 0.3) is 0 Å². The van der Waals surface area contributed by atoms with Crippen molar-refractivity contribution in [2.24, 2.45) is 0 Å². The number of nitrogens with zero attached hydrogens (tertiary/aromatic N) is 4. The summed E-state index contributed by atoms with van der Waals surface area (Å²) in [5, 5.41) is 9.77. The number of hydrogen-bond donors (Lipinski definition) is 1. The van der Waals surface area contributed by atoms with Gasteiger partial charge in [0.05, 0.1) is 23.8 Å². The second-order valence-electron chi connectivity index (χ2n) is 5.32. The van der Waals surface area contributed by atoms with Gasteiger partial charge in [-0.1, -0.05) is 0 Å². The molecule has 1 atom stereocenters. The van der Waals surface area contributed by atoms with Crippen LogP contribution in [-0.4, -0.2) is 45.7 Å². The summed E-state index contributed by atoms with van der Waals surface area (Å²) in [6.07, 6.45) is 4.16. The van der Waals surface area contributed by atoms with Crippen LogP contribution >= 0.6 is 11.3 Å². The highest BCUT2D eigenvalue weighted by Crippen LogP contribution is 2.16. The summed E-state index contributed by atoms with van der Waals surface area (Å²) in [7, 11) is 1.78. The van der Waals surface area contributed by atoms with Gasteiger partial charge in [-0.3, -0.25) is 9.48 Å². The van der Waals surface area contributed by atoms with Gasteiger partial charge >= 0.3 is 0 Å². The second kappa shape index (κ2) is 6.36. The molecule has 0 saturated carbocycles. The molecule has 0 radical (unpaired) electrons. The predicted molar refractivity (Wildman–Crippen MR) is 81.3 cm³/mol. The zero-order chi connectivity index (χ0) is 14.7. The molecule has 0 aromatic carbocycles. The van der Waals surface area contributed by atoms with Crippen LogP contribution in [0.5, 0.6) is 0 Å². The Bertz CT molecular complexity index is 588. The molecule has 112 valence electrons. The Morgan fingerprint density at radius 1 is 1.62 bits per heavy atom. The topological polar surface area (TPSA) is 63.1 Å². The fourth-order valence-corrected chi connectivity index (χ4v) is 3.09. The van der Waals surface area contributed by atoms with Gasteiger partial charge in [0, 0.05) is 25.2 Å². The maximum absolute atomic E-state index is 12.4. The lowest BCUT2D eigenvalue weighted by Crippen LogP contribution is -2.32. The Morgan fingerprint density at radius 2 is 2.52 bits per heavy atom. The monoisotopic (exact) mass is 305 g/mol. The number of carbonyl (C=O) groups excluding carboxylic acids is 1. The maximum Gasteiger partial charge on any atom is 0.274 e. The molecule has 1 saturated heterocycles. The van der Waals surface area contributed by atoms with Gasteiger partial charge in [-0.25, -0.2) is 4.98 Å². The third-order valence-corrected chi connectivity index (χ3v) is 4.34. The third-order valence-electron chi connectivity index (χ3n) is 3.70. The van der Waals surface area contributed by atoms with Gasteiger partial charge in [-0.2, -0.15) is 5.10 Å². The van der Waals surface area contributed by atoms with E-state index in [4.69, 9.17) is 0 Å². The smallest absolute Gasteiger partial charge is 0.274 e. The highest BCUT2D eigenvalue weighted by Gasteiger charge is 2.19. The van der Waals surface area contributed by atoms with Crippen molar-refractivity contribution in [1.82, 2.24) is 25.0 Å². The molecule has 2 aromatic heterocycles. The van der Waals surface area contributed by atoms with Gasteiger partial charge in [0.15, 0.2) is 0 Å². The van der Waals surface area contributed by atoms with Crippen LogP contribution in [0.2, 0.25) is 0 Å². The van der Waals surface area contributed by atoms with Crippen molar-refractivity contribution < 1.29 is 4.79 Å². The zero-order valence-electron chi connectivity index (χ0n) is 12.0. The first kappa shape index (κ1) is 14.2. The number of hydrogen-bond acceptors (Lipinski definition) is 5. The predicted octanol–water partition coefficient (Wildman–Crippen LogP) is 1.54. The van der Waals surface area contributed by atoms with E-state index in [2.05, 4.69) is 15.4 Å². The first-order chi connectivity index (χ1) is 10.2. The summed E-state index contributed by atoms with van der Waals surface area (Å²) in [4.78, 5) is 18.2. The van der Waals surface area contributed by atoms with Crippen molar-refractivity contribution in [2.45, 2.75) is 25.4 Å². The Kier molecular flexibility index (Phi) is 4.31. The lowest BCUT2D eigenvalue weighted by atomic mass is 10.1. The van der Waals surface area contributed by atoms with E-state index in [0.717, 1.165) is 31.6 Å². The quantitative estimate of drug-likeness (QED) is 0.930. The molecule has 0 aliphatic carbocycles. The number of rotatable bonds is 4. The van der Waals surface area contributed by atoms with E-state index in [1.807, 2.05) is 16.3 Å². The second-order valence-corrected chi connectivity index (χ2v) is 6.04. The minimum Gasteiger partial charge on any atom is -0.334 e. The Labute approximate surface area is 127 Å². The number of carbonyl (C=O) groups is 1. The average molecular weight is 305 g/mol. The molecule has 1 N–H and O–H groups in total. The van der Waals surface area contributed by atoms with Crippen LogP contribution in [0.4, 0.5) is 0 Å². The highest BCUT2D eigenvalue weighted by atomic mass is 32.1. The van der Waals surface area contributed by atoms with Crippen LogP contribution in [0.1, 0.15) is 35.1 Å². The van der Waals surface area contributed by atoms with E-state index in [1.165, 1.54) is 11.3 Å². The van der Waals surface area contributed by atoms with E-state index >= 15 is 0 Å². The minimum atomic E-state index is -0.0643. The molecule has 2 aromatic rings. The fourth-order valence-electron chi connectivity index (χ4n) is 2.54. The number of thiazole rings is 1. The number of piperidine rings is 1. The zero-order valence-corrected chi connectivity index (χ0v) is 12.8. The molecule has 0 bridgehead atoms. The summed E-state index contributed by atoms with van der Waals surface area (Å²) in [6.45, 7) is 2.50. The molecular weight excluding hydrogens is 286 g/mol. The molecule has 0 unspecified atom stereocenters. The van der Waals surface area contributed by atoms with Crippen LogP contribution in [0.3, 0.4) is 0 Å². The van der Waals surface area contributed by atoms with Crippen molar-refractivity contribution in [1.29, 1.82) is 0 Å².